The van der Waals surface area contributed by atoms with Gasteiger partial charge in [-0.2, -0.15) is 0 Å². The first kappa shape index (κ1) is 18.0. The van der Waals surface area contributed by atoms with Gasteiger partial charge in [-0.25, -0.2) is 8.78 Å². The molecule has 0 saturated carbocycles. The predicted molar refractivity (Wildman–Crippen MR) is 94.5 cm³/mol. The van der Waals surface area contributed by atoms with E-state index in [0.29, 0.717) is 42.8 Å². The predicted octanol–water partition coefficient (Wildman–Crippen LogP) is 3.90. The van der Waals surface area contributed by atoms with E-state index < -0.39 is 0 Å². The van der Waals surface area contributed by atoms with Crippen LogP contribution >= 0.6 is 0 Å². The number of halogens is 2. The van der Waals surface area contributed by atoms with Crippen molar-refractivity contribution in [2.45, 2.75) is 32.4 Å². The summed E-state index contributed by atoms with van der Waals surface area (Å²) < 4.78 is 27.3. The maximum absolute atomic E-state index is 13.9. The van der Waals surface area contributed by atoms with Crippen LogP contribution in [0.15, 0.2) is 53.7 Å². The Kier molecular flexibility index (Phi) is 5.61. The Morgan fingerprint density at radius 3 is 2.77 bits per heavy atom. The van der Waals surface area contributed by atoms with Gasteiger partial charge in [-0.1, -0.05) is 42.4 Å². The van der Waals surface area contributed by atoms with E-state index in [1.807, 2.05) is 0 Å². The van der Waals surface area contributed by atoms with E-state index in [4.69, 9.17) is 4.84 Å². The Hall–Kier alpha value is -2.76. The van der Waals surface area contributed by atoms with E-state index in [-0.39, 0.29) is 23.6 Å². The molecule has 0 N–H and O–H groups in total. The molecule has 1 heterocycles. The number of oxime groups is 1. The standard InChI is InChI=1S/C20H20F2N2O2/c1-2-20(25)24(12-14-6-5-7-15(21)10-14)13-16-11-19(23-26-16)17-8-3-4-9-18(17)22/h3-10,16H,2,11-13H2,1H3/t16-/m1/s1. The van der Waals surface area contributed by atoms with Crippen LogP contribution in [-0.2, 0) is 16.2 Å². The van der Waals surface area contributed by atoms with Gasteiger partial charge >= 0.3 is 0 Å². The molecule has 6 heteroatoms. The number of amides is 1. The molecular weight excluding hydrogens is 338 g/mol. The van der Waals surface area contributed by atoms with E-state index >= 15 is 0 Å². The van der Waals surface area contributed by atoms with E-state index in [1.165, 1.54) is 18.2 Å². The molecule has 0 radical (unpaired) electrons. The Morgan fingerprint density at radius 1 is 1.23 bits per heavy atom. The quantitative estimate of drug-likeness (QED) is 0.786. The summed E-state index contributed by atoms with van der Waals surface area (Å²) >= 11 is 0. The Labute approximate surface area is 151 Å². The normalized spacial score (nSPS) is 16.1. The number of hydrogen-bond donors (Lipinski definition) is 0. The maximum atomic E-state index is 13.9. The SMILES string of the molecule is CCC(=O)N(Cc1cccc(F)c1)C[C@H]1CC(c2ccccc2F)=NO1. The lowest BCUT2D eigenvalue weighted by molar-refractivity contribution is -0.133. The molecule has 0 aromatic heterocycles. The summed E-state index contributed by atoms with van der Waals surface area (Å²) in [6, 6.07) is 12.6. The molecule has 0 fully saturated rings. The molecule has 1 amide bonds. The fourth-order valence-corrected chi connectivity index (χ4v) is 2.96. The maximum Gasteiger partial charge on any atom is 0.222 e. The number of hydrogen-bond acceptors (Lipinski definition) is 3. The highest BCUT2D eigenvalue weighted by atomic mass is 19.1. The molecule has 4 nitrogen and oxygen atoms in total. The second kappa shape index (κ2) is 8.08. The number of benzene rings is 2. The molecule has 3 rings (SSSR count). The average Bonchev–Trinajstić information content (AvgIpc) is 3.09. The zero-order valence-electron chi connectivity index (χ0n) is 14.5. The van der Waals surface area contributed by atoms with Crippen molar-refractivity contribution < 1.29 is 18.4 Å². The molecule has 1 atom stereocenters. The Morgan fingerprint density at radius 2 is 2.04 bits per heavy atom. The molecular formula is C20H20F2N2O2. The van der Waals surface area contributed by atoms with Crippen molar-refractivity contribution in [3.8, 4) is 0 Å². The first-order valence-corrected chi connectivity index (χ1v) is 8.56. The molecule has 1 aliphatic heterocycles. The molecule has 0 bridgehead atoms. The van der Waals surface area contributed by atoms with Gasteiger partial charge in [0.2, 0.25) is 5.91 Å². The van der Waals surface area contributed by atoms with Crippen LogP contribution in [0.3, 0.4) is 0 Å². The largest absolute Gasteiger partial charge is 0.390 e. The van der Waals surface area contributed by atoms with Gasteiger partial charge in [-0.3, -0.25) is 4.79 Å². The summed E-state index contributed by atoms with van der Waals surface area (Å²) in [4.78, 5) is 19.3. The molecule has 0 saturated heterocycles. The van der Waals surface area contributed by atoms with Gasteiger partial charge in [0, 0.05) is 24.9 Å². The monoisotopic (exact) mass is 358 g/mol. The average molecular weight is 358 g/mol. The number of rotatable bonds is 6. The Bertz CT molecular complexity index is 823. The van der Waals surface area contributed by atoms with Crippen LogP contribution in [0, 0.1) is 11.6 Å². The van der Waals surface area contributed by atoms with Crippen molar-refractivity contribution in [3.05, 3.63) is 71.3 Å². The summed E-state index contributed by atoms with van der Waals surface area (Å²) in [7, 11) is 0. The molecule has 136 valence electrons. The third-order valence-corrected chi connectivity index (χ3v) is 4.26. The fourth-order valence-electron chi connectivity index (χ4n) is 2.96. The lowest BCUT2D eigenvalue weighted by Gasteiger charge is -2.24. The van der Waals surface area contributed by atoms with Gasteiger partial charge in [0.05, 0.1) is 12.3 Å². The van der Waals surface area contributed by atoms with E-state index in [1.54, 1.807) is 42.2 Å². The highest BCUT2D eigenvalue weighted by Gasteiger charge is 2.27. The second-order valence-corrected chi connectivity index (χ2v) is 6.21. The van der Waals surface area contributed by atoms with Crippen molar-refractivity contribution in [1.29, 1.82) is 0 Å². The van der Waals surface area contributed by atoms with Crippen LogP contribution in [0.5, 0.6) is 0 Å². The van der Waals surface area contributed by atoms with Gasteiger partial charge in [0.15, 0.2) is 6.10 Å². The summed E-state index contributed by atoms with van der Waals surface area (Å²) in [5.41, 5.74) is 1.65. The van der Waals surface area contributed by atoms with Crippen molar-refractivity contribution in [1.82, 2.24) is 4.90 Å². The highest BCUT2D eigenvalue weighted by Crippen LogP contribution is 2.20. The molecule has 0 aliphatic carbocycles. The van der Waals surface area contributed by atoms with Crippen LogP contribution in [0.1, 0.15) is 30.9 Å². The van der Waals surface area contributed by atoms with Gasteiger partial charge in [0.25, 0.3) is 0 Å². The van der Waals surface area contributed by atoms with Crippen molar-refractivity contribution in [3.63, 3.8) is 0 Å². The smallest absolute Gasteiger partial charge is 0.222 e. The molecule has 0 unspecified atom stereocenters. The number of nitrogens with zero attached hydrogens (tertiary/aromatic N) is 2. The van der Waals surface area contributed by atoms with Crippen LogP contribution in [0.25, 0.3) is 0 Å². The van der Waals surface area contributed by atoms with Gasteiger partial charge in [-0.15, -0.1) is 0 Å². The zero-order valence-corrected chi connectivity index (χ0v) is 14.5. The van der Waals surface area contributed by atoms with E-state index in [9.17, 15) is 13.6 Å². The first-order chi connectivity index (χ1) is 12.6. The van der Waals surface area contributed by atoms with E-state index in [0.717, 1.165) is 0 Å². The lowest BCUT2D eigenvalue weighted by Crippen LogP contribution is -2.36. The minimum Gasteiger partial charge on any atom is -0.390 e. The summed E-state index contributed by atoms with van der Waals surface area (Å²) in [5.74, 6) is -0.748. The lowest BCUT2D eigenvalue weighted by atomic mass is 10.0. The third kappa shape index (κ3) is 4.25. The van der Waals surface area contributed by atoms with Crippen LogP contribution in [-0.4, -0.2) is 29.2 Å². The minimum atomic E-state index is -0.353. The highest BCUT2D eigenvalue weighted by molar-refractivity contribution is 6.01. The minimum absolute atomic E-state index is 0.0581. The van der Waals surface area contributed by atoms with Gasteiger partial charge in [0.1, 0.15) is 11.6 Å². The third-order valence-electron chi connectivity index (χ3n) is 4.26. The topological polar surface area (TPSA) is 41.9 Å². The summed E-state index contributed by atoms with van der Waals surface area (Å²) in [6.07, 6.45) is 0.398. The van der Waals surface area contributed by atoms with Crippen molar-refractivity contribution in [2.75, 3.05) is 6.54 Å². The molecule has 2 aromatic carbocycles. The number of carbonyl (C=O) groups excluding carboxylic acids is 1. The van der Waals surface area contributed by atoms with Crippen molar-refractivity contribution >= 4 is 11.6 Å². The van der Waals surface area contributed by atoms with Crippen LogP contribution < -0.4 is 0 Å². The summed E-state index contributed by atoms with van der Waals surface area (Å²) in [6.45, 7) is 2.38. The van der Waals surface area contributed by atoms with Crippen LogP contribution in [0.2, 0.25) is 0 Å². The molecule has 26 heavy (non-hydrogen) atoms. The van der Waals surface area contributed by atoms with E-state index in [2.05, 4.69) is 5.16 Å². The van der Waals surface area contributed by atoms with Gasteiger partial charge in [-0.05, 0) is 23.8 Å². The zero-order chi connectivity index (χ0) is 18.5. The Balaban J connectivity index is 1.67. The molecule has 1 aliphatic rings. The second-order valence-electron chi connectivity index (χ2n) is 6.21. The number of carbonyl (C=O) groups is 1. The van der Waals surface area contributed by atoms with Crippen molar-refractivity contribution in [2.24, 2.45) is 5.16 Å². The molecule has 2 aromatic rings. The van der Waals surface area contributed by atoms with Gasteiger partial charge < -0.3 is 9.74 Å². The summed E-state index contributed by atoms with van der Waals surface area (Å²) in [5, 5.41) is 3.99. The first-order valence-electron chi connectivity index (χ1n) is 8.56. The molecule has 0 spiro atoms. The van der Waals surface area contributed by atoms with Crippen LogP contribution in [0.4, 0.5) is 8.78 Å². The fraction of sp³-hybridized carbons (Fsp3) is 0.300.